The van der Waals surface area contributed by atoms with Crippen LogP contribution >= 0.6 is 0 Å². The number of anilines is 1. The van der Waals surface area contributed by atoms with Gasteiger partial charge in [0.1, 0.15) is 0 Å². The van der Waals surface area contributed by atoms with Gasteiger partial charge in [-0.1, -0.05) is 30.3 Å². The predicted octanol–water partition coefficient (Wildman–Crippen LogP) is 3.01. The quantitative estimate of drug-likeness (QED) is 0.639. The lowest BCUT2D eigenvalue weighted by molar-refractivity contribution is -0.137. The van der Waals surface area contributed by atoms with E-state index in [0.29, 0.717) is 18.1 Å². The number of nitrogens with zero attached hydrogens (tertiary/aromatic N) is 5. The fourth-order valence-electron chi connectivity index (χ4n) is 4.55. The summed E-state index contributed by atoms with van der Waals surface area (Å²) in [6, 6.07) is 15.5. The van der Waals surface area contributed by atoms with E-state index in [0.717, 1.165) is 16.9 Å². The molecule has 5 rings (SSSR count). The third kappa shape index (κ3) is 3.40. The smallest absolute Gasteiger partial charge is 0.338 e. The molecule has 0 bridgehead atoms. The molecule has 2 aromatic rings. The molecule has 9 heteroatoms. The number of likely N-dealkylation sites (N-methyl/N-ethyl adjacent to an activating group) is 1. The van der Waals surface area contributed by atoms with Crippen molar-refractivity contribution in [2.75, 3.05) is 18.6 Å². The topological polar surface area (TPSA) is 85.8 Å². The normalized spacial score (nSPS) is 21.4. The Morgan fingerprint density at radius 1 is 1.06 bits per heavy atom. The van der Waals surface area contributed by atoms with Crippen LogP contribution in [0.3, 0.4) is 0 Å². The van der Waals surface area contributed by atoms with Gasteiger partial charge in [0.25, 0.3) is 5.91 Å². The second-order valence-corrected chi connectivity index (χ2v) is 8.37. The summed E-state index contributed by atoms with van der Waals surface area (Å²) in [4.78, 5) is 49.9. The molecule has 0 saturated carbocycles. The summed E-state index contributed by atoms with van der Waals surface area (Å²) in [6.45, 7) is 4.21. The Labute approximate surface area is 197 Å². The van der Waals surface area contributed by atoms with E-state index in [4.69, 9.17) is 9.73 Å². The van der Waals surface area contributed by atoms with Crippen molar-refractivity contribution in [3.05, 3.63) is 77.6 Å². The lowest BCUT2D eigenvalue weighted by Gasteiger charge is -2.40. The lowest BCUT2D eigenvalue weighted by atomic mass is 10.1. The van der Waals surface area contributed by atoms with Crippen LogP contribution in [0.1, 0.15) is 29.8 Å². The van der Waals surface area contributed by atoms with Crippen LogP contribution in [0, 0.1) is 0 Å². The Hall–Kier alpha value is -4.14. The summed E-state index contributed by atoms with van der Waals surface area (Å²) in [5, 5.41) is 0. The number of hydrogen-bond donors (Lipinski definition) is 0. The summed E-state index contributed by atoms with van der Waals surface area (Å²) < 4.78 is 5.06. The minimum absolute atomic E-state index is 0.205. The maximum atomic E-state index is 13.5. The molecular formula is C25H25N5O4. The average Bonchev–Trinajstić information content (AvgIpc) is 3.36. The van der Waals surface area contributed by atoms with Crippen molar-refractivity contribution in [2.45, 2.75) is 32.6 Å². The first-order chi connectivity index (χ1) is 16.4. The molecule has 3 aliphatic rings. The van der Waals surface area contributed by atoms with E-state index < -0.39 is 12.2 Å². The Balaban J connectivity index is 1.42. The zero-order chi connectivity index (χ0) is 24.0. The molecule has 0 N–H and O–H groups in total. The van der Waals surface area contributed by atoms with Crippen LogP contribution in [0.15, 0.2) is 71.5 Å². The zero-order valence-electron chi connectivity index (χ0n) is 19.2. The van der Waals surface area contributed by atoms with Gasteiger partial charge in [-0.3, -0.25) is 14.6 Å². The molecule has 3 aliphatic heterocycles. The third-order valence-corrected chi connectivity index (χ3v) is 6.21. The summed E-state index contributed by atoms with van der Waals surface area (Å²) >= 11 is 0. The highest BCUT2D eigenvalue weighted by atomic mass is 16.5. The van der Waals surface area contributed by atoms with Crippen LogP contribution in [-0.2, 0) is 16.1 Å². The monoisotopic (exact) mass is 459 g/mol. The van der Waals surface area contributed by atoms with Gasteiger partial charge in [-0.05, 0) is 43.7 Å². The largest absolute Gasteiger partial charge is 0.462 e. The third-order valence-electron chi connectivity index (χ3n) is 6.21. The van der Waals surface area contributed by atoms with Crippen molar-refractivity contribution in [3.8, 4) is 0 Å². The van der Waals surface area contributed by atoms with E-state index in [2.05, 4.69) is 0 Å². The first-order valence-corrected chi connectivity index (χ1v) is 11.1. The second kappa shape index (κ2) is 8.33. The number of esters is 1. The van der Waals surface area contributed by atoms with E-state index in [9.17, 15) is 14.4 Å². The number of carbonyl (C=O) groups is 3. The fraction of sp³-hybridized carbons (Fsp3) is 0.280. The van der Waals surface area contributed by atoms with Gasteiger partial charge in [-0.2, -0.15) is 0 Å². The van der Waals surface area contributed by atoms with Crippen molar-refractivity contribution in [2.24, 2.45) is 4.99 Å². The van der Waals surface area contributed by atoms with E-state index in [-0.39, 0.29) is 24.5 Å². The Bertz CT molecular complexity index is 1210. The first kappa shape index (κ1) is 21.7. The number of carbonyl (C=O) groups excluding carboxylic acids is 3. The molecule has 1 saturated heterocycles. The van der Waals surface area contributed by atoms with Crippen LogP contribution in [0.4, 0.5) is 10.5 Å². The number of fused-ring (bicyclic) bond motifs is 3. The average molecular weight is 460 g/mol. The highest BCUT2D eigenvalue weighted by molar-refractivity contribution is 6.10. The Morgan fingerprint density at radius 3 is 2.44 bits per heavy atom. The van der Waals surface area contributed by atoms with E-state index >= 15 is 0 Å². The van der Waals surface area contributed by atoms with Gasteiger partial charge in [0.2, 0.25) is 5.96 Å². The number of hydrogen-bond acceptors (Lipinski definition) is 7. The van der Waals surface area contributed by atoms with Crippen LogP contribution in [0.2, 0.25) is 0 Å². The van der Waals surface area contributed by atoms with Crippen molar-refractivity contribution >= 4 is 29.6 Å². The van der Waals surface area contributed by atoms with Gasteiger partial charge < -0.3 is 14.5 Å². The maximum absolute atomic E-state index is 13.5. The number of allylic oxidation sites excluding steroid dienone is 1. The van der Waals surface area contributed by atoms with Gasteiger partial charge >= 0.3 is 12.0 Å². The molecule has 174 valence electrons. The van der Waals surface area contributed by atoms with Crippen LogP contribution in [-0.4, -0.2) is 64.4 Å². The number of amides is 3. The predicted molar refractivity (Wildman–Crippen MR) is 126 cm³/mol. The molecule has 3 amide bonds. The van der Waals surface area contributed by atoms with Crippen LogP contribution in [0.25, 0.3) is 0 Å². The highest BCUT2D eigenvalue weighted by Gasteiger charge is 2.54. The molecule has 0 radical (unpaired) electrons. The summed E-state index contributed by atoms with van der Waals surface area (Å²) in [5.74, 6) is -0.0805. The van der Waals surface area contributed by atoms with E-state index in [1.807, 2.05) is 65.4 Å². The number of benzene rings is 2. The van der Waals surface area contributed by atoms with Gasteiger partial charge in [0.05, 0.1) is 18.7 Å². The molecule has 2 aromatic carbocycles. The van der Waals surface area contributed by atoms with Gasteiger partial charge in [-0.15, -0.1) is 0 Å². The maximum Gasteiger partial charge on any atom is 0.338 e. The molecular weight excluding hydrogens is 434 g/mol. The van der Waals surface area contributed by atoms with Gasteiger partial charge in [0, 0.05) is 24.6 Å². The molecule has 34 heavy (non-hydrogen) atoms. The van der Waals surface area contributed by atoms with Crippen molar-refractivity contribution in [3.63, 3.8) is 0 Å². The Morgan fingerprint density at radius 2 is 1.76 bits per heavy atom. The van der Waals surface area contributed by atoms with Crippen molar-refractivity contribution in [1.82, 2.24) is 14.7 Å². The minimum Gasteiger partial charge on any atom is -0.462 e. The molecule has 3 heterocycles. The molecule has 9 nitrogen and oxygen atoms in total. The second-order valence-electron chi connectivity index (χ2n) is 8.37. The molecule has 0 spiro atoms. The molecule has 0 aromatic heterocycles. The summed E-state index contributed by atoms with van der Waals surface area (Å²) in [5.41, 5.74) is 3.02. The summed E-state index contributed by atoms with van der Waals surface area (Å²) in [7, 11) is 1.67. The number of aliphatic imine (C=N–C) groups is 1. The SMILES string of the molecule is CCOC(=O)c1ccc(N2C(C)=CN3C2=NC2C3C(=O)N(Cc3ccccc3)C(=O)N2C)cc1. The van der Waals surface area contributed by atoms with Crippen molar-refractivity contribution in [1.29, 1.82) is 0 Å². The molecule has 2 unspecified atom stereocenters. The van der Waals surface area contributed by atoms with Gasteiger partial charge in [0.15, 0.2) is 12.2 Å². The van der Waals surface area contributed by atoms with Crippen molar-refractivity contribution < 1.29 is 19.1 Å². The molecule has 0 aliphatic carbocycles. The number of imide groups is 1. The zero-order valence-corrected chi connectivity index (χ0v) is 19.2. The number of ether oxygens (including phenoxy) is 1. The number of rotatable bonds is 5. The lowest BCUT2D eigenvalue weighted by Crippen LogP contribution is -2.63. The van der Waals surface area contributed by atoms with Crippen LogP contribution in [0.5, 0.6) is 0 Å². The first-order valence-electron chi connectivity index (χ1n) is 11.1. The Kier molecular flexibility index (Phi) is 5.31. The fourth-order valence-corrected chi connectivity index (χ4v) is 4.55. The van der Waals surface area contributed by atoms with E-state index in [1.54, 1.807) is 26.1 Å². The van der Waals surface area contributed by atoms with E-state index in [1.165, 1.54) is 9.80 Å². The highest BCUT2D eigenvalue weighted by Crippen LogP contribution is 2.36. The van der Waals surface area contributed by atoms with Crippen LogP contribution < -0.4 is 4.90 Å². The number of guanidine groups is 1. The number of urea groups is 1. The molecule has 2 atom stereocenters. The molecule has 1 fully saturated rings. The standard InChI is InChI=1S/C25H25N5O4/c1-4-34-23(32)18-10-12-19(13-11-18)30-16(2)14-28-20-21(26-24(28)30)27(3)25(33)29(22(20)31)15-17-8-6-5-7-9-17/h5-14,20-21H,4,15H2,1-3H3. The summed E-state index contributed by atoms with van der Waals surface area (Å²) in [6.07, 6.45) is 1.26. The minimum atomic E-state index is -0.639. The van der Waals surface area contributed by atoms with Gasteiger partial charge in [-0.25, -0.2) is 14.6 Å².